The van der Waals surface area contributed by atoms with Crippen LogP contribution in [0.2, 0.25) is 10.0 Å². The Balaban J connectivity index is 1.39. The molecule has 2 aromatic heterocycles. The SMILES string of the molecule is CC(C)(C(=O)N1CCN(Cc2cn3ccccc3n2)CC1)c1ccc(Cl)c(Cl)c1. The smallest absolute Gasteiger partial charge is 0.232 e. The molecule has 29 heavy (non-hydrogen) atoms. The van der Waals surface area contributed by atoms with E-state index in [0.717, 1.165) is 36.5 Å². The van der Waals surface area contributed by atoms with Gasteiger partial charge in [0.1, 0.15) is 5.65 Å². The number of fused-ring (bicyclic) bond motifs is 1. The number of benzene rings is 1. The van der Waals surface area contributed by atoms with Crippen LogP contribution in [-0.2, 0) is 16.8 Å². The maximum Gasteiger partial charge on any atom is 0.232 e. The molecule has 1 aliphatic rings. The molecule has 3 aromatic rings. The van der Waals surface area contributed by atoms with Gasteiger partial charge in [-0.25, -0.2) is 4.98 Å². The number of carbonyl (C=O) groups excluding carboxylic acids is 1. The van der Waals surface area contributed by atoms with E-state index in [0.29, 0.717) is 23.1 Å². The zero-order valence-electron chi connectivity index (χ0n) is 16.6. The molecule has 4 rings (SSSR count). The van der Waals surface area contributed by atoms with E-state index in [1.165, 1.54) is 0 Å². The highest BCUT2D eigenvalue weighted by Gasteiger charge is 2.35. The zero-order chi connectivity index (χ0) is 20.6. The first-order chi connectivity index (χ1) is 13.8. The van der Waals surface area contributed by atoms with Crippen LogP contribution < -0.4 is 0 Å². The first kappa shape index (κ1) is 20.2. The van der Waals surface area contributed by atoms with Crippen LogP contribution in [0.3, 0.4) is 0 Å². The highest BCUT2D eigenvalue weighted by atomic mass is 35.5. The molecule has 0 bridgehead atoms. The summed E-state index contributed by atoms with van der Waals surface area (Å²) >= 11 is 12.2. The number of pyridine rings is 1. The van der Waals surface area contributed by atoms with Gasteiger partial charge in [0.15, 0.2) is 0 Å². The lowest BCUT2D eigenvalue weighted by Gasteiger charge is -2.38. The van der Waals surface area contributed by atoms with Crippen LogP contribution in [0.5, 0.6) is 0 Å². The van der Waals surface area contributed by atoms with Gasteiger partial charge in [-0.15, -0.1) is 0 Å². The summed E-state index contributed by atoms with van der Waals surface area (Å²) in [5.41, 5.74) is 2.23. The Kier molecular flexibility index (Phi) is 5.56. The summed E-state index contributed by atoms with van der Waals surface area (Å²) in [6.07, 6.45) is 4.08. The van der Waals surface area contributed by atoms with Crippen LogP contribution in [0.25, 0.3) is 5.65 Å². The van der Waals surface area contributed by atoms with Crippen molar-refractivity contribution in [3.63, 3.8) is 0 Å². The van der Waals surface area contributed by atoms with Crippen LogP contribution in [-0.4, -0.2) is 51.3 Å². The molecule has 5 nitrogen and oxygen atoms in total. The fraction of sp³-hybridized carbons (Fsp3) is 0.364. The quantitative estimate of drug-likeness (QED) is 0.620. The van der Waals surface area contributed by atoms with Gasteiger partial charge in [0.2, 0.25) is 5.91 Å². The maximum atomic E-state index is 13.2. The Morgan fingerprint density at radius 2 is 1.83 bits per heavy atom. The second-order valence-electron chi connectivity index (χ2n) is 8.02. The lowest BCUT2D eigenvalue weighted by atomic mass is 9.83. The van der Waals surface area contributed by atoms with Crippen molar-refractivity contribution in [1.82, 2.24) is 19.2 Å². The lowest BCUT2D eigenvalue weighted by Crippen LogP contribution is -2.52. The third-order valence-corrected chi connectivity index (χ3v) is 6.37. The number of carbonyl (C=O) groups is 1. The molecule has 1 saturated heterocycles. The monoisotopic (exact) mass is 430 g/mol. The predicted octanol–water partition coefficient (Wildman–Crippen LogP) is 4.26. The van der Waals surface area contributed by atoms with Gasteiger partial charge in [-0.1, -0.05) is 35.3 Å². The molecule has 0 aliphatic carbocycles. The first-order valence-electron chi connectivity index (χ1n) is 9.74. The van der Waals surface area contributed by atoms with E-state index in [-0.39, 0.29) is 5.91 Å². The van der Waals surface area contributed by atoms with E-state index in [9.17, 15) is 4.79 Å². The molecular weight excluding hydrogens is 407 g/mol. The number of hydrogen-bond acceptors (Lipinski definition) is 3. The van der Waals surface area contributed by atoms with Gasteiger partial charge in [0.05, 0.1) is 21.2 Å². The van der Waals surface area contributed by atoms with Crippen molar-refractivity contribution < 1.29 is 4.79 Å². The Labute approximate surface area is 180 Å². The summed E-state index contributed by atoms with van der Waals surface area (Å²) in [6.45, 7) is 7.75. The van der Waals surface area contributed by atoms with Gasteiger partial charge in [0.25, 0.3) is 0 Å². The first-order valence-corrected chi connectivity index (χ1v) is 10.5. The highest BCUT2D eigenvalue weighted by Crippen LogP contribution is 2.31. The molecule has 1 fully saturated rings. The van der Waals surface area contributed by atoms with Gasteiger partial charge in [0, 0.05) is 45.1 Å². The summed E-state index contributed by atoms with van der Waals surface area (Å²) in [5.74, 6) is 0.114. The molecule has 0 unspecified atom stereocenters. The molecule has 1 amide bonds. The standard InChI is InChI=1S/C22H24Cl2N4O/c1-22(2,16-6-7-18(23)19(24)13-16)21(29)27-11-9-26(10-12-27)14-17-15-28-8-4-3-5-20(28)25-17/h3-8,13,15H,9-12,14H2,1-2H3. The number of imidazole rings is 1. The van der Waals surface area contributed by atoms with Gasteiger partial charge in [-0.3, -0.25) is 9.69 Å². The molecule has 1 aliphatic heterocycles. The van der Waals surface area contributed by atoms with Crippen LogP contribution in [0.1, 0.15) is 25.1 Å². The van der Waals surface area contributed by atoms with Crippen molar-refractivity contribution in [1.29, 1.82) is 0 Å². The zero-order valence-corrected chi connectivity index (χ0v) is 18.1. The van der Waals surface area contributed by atoms with Crippen molar-refractivity contribution in [3.05, 3.63) is 70.1 Å². The molecular formula is C22H24Cl2N4O. The fourth-order valence-corrected chi connectivity index (χ4v) is 4.10. The van der Waals surface area contributed by atoms with Crippen LogP contribution in [0.4, 0.5) is 0 Å². The summed E-state index contributed by atoms with van der Waals surface area (Å²) in [5, 5.41) is 0.974. The van der Waals surface area contributed by atoms with Gasteiger partial charge in [-0.05, 0) is 43.7 Å². The summed E-state index contributed by atoms with van der Waals surface area (Å²) in [6, 6.07) is 11.4. The average molecular weight is 431 g/mol. The van der Waals surface area contributed by atoms with Crippen molar-refractivity contribution in [2.24, 2.45) is 0 Å². The summed E-state index contributed by atoms with van der Waals surface area (Å²) in [4.78, 5) is 22.2. The Bertz CT molecular complexity index is 1010. The predicted molar refractivity (Wildman–Crippen MR) is 117 cm³/mol. The Morgan fingerprint density at radius 3 is 2.52 bits per heavy atom. The van der Waals surface area contributed by atoms with Crippen molar-refractivity contribution in [2.75, 3.05) is 26.2 Å². The molecule has 0 radical (unpaired) electrons. The van der Waals surface area contributed by atoms with E-state index in [2.05, 4.69) is 16.1 Å². The number of hydrogen-bond donors (Lipinski definition) is 0. The molecule has 0 atom stereocenters. The van der Waals surface area contributed by atoms with E-state index in [4.69, 9.17) is 23.2 Å². The molecule has 152 valence electrons. The van der Waals surface area contributed by atoms with Crippen LogP contribution in [0, 0.1) is 0 Å². The number of nitrogens with zero attached hydrogens (tertiary/aromatic N) is 4. The summed E-state index contributed by atoms with van der Waals surface area (Å²) < 4.78 is 2.04. The van der Waals surface area contributed by atoms with E-state index in [1.54, 1.807) is 12.1 Å². The number of halogens is 2. The minimum atomic E-state index is -0.655. The fourth-order valence-electron chi connectivity index (χ4n) is 3.81. The topological polar surface area (TPSA) is 40.9 Å². The minimum Gasteiger partial charge on any atom is -0.339 e. The number of aromatic nitrogens is 2. The Hall–Kier alpha value is -2.08. The van der Waals surface area contributed by atoms with Crippen molar-refractivity contribution in [2.45, 2.75) is 25.8 Å². The third-order valence-electron chi connectivity index (χ3n) is 5.63. The van der Waals surface area contributed by atoms with Gasteiger partial charge in [-0.2, -0.15) is 0 Å². The maximum absolute atomic E-state index is 13.2. The average Bonchev–Trinajstić information content (AvgIpc) is 3.12. The largest absolute Gasteiger partial charge is 0.339 e. The second-order valence-corrected chi connectivity index (χ2v) is 8.83. The molecule has 1 aromatic carbocycles. The lowest BCUT2D eigenvalue weighted by molar-refractivity contribution is -0.138. The van der Waals surface area contributed by atoms with Crippen molar-refractivity contribution >= 4 is 34.8 Å². The second kappa shape index (κ2) is 7.98. The summed E-state index contributed by atoms with van der Waals surface area (Å²) in [7, 11) is 0. The number of amides is 1. The van der Waals surface area contributed by atoms with Gasteiger partial charge >= 0.3 is 0 Å². The van der Waals surface area contributed by atoms with E-state index < -0.39 is 5.41 Å². The molecule has 0 saturated carbocycles. The molecule has 0 N–H and O–H groups in total. The highest BCUT2D eigenvalue weighted by molar-refractivity contribution is 6.42. The van der Waals surface area contributed by atoms with E-state index >= 15 is 0 Å². The minimum absolute atomic E-state index is 0.114. The Morgan fingerprint density at radius 1 is 1.07 bits per heavy atom. The van der Waals surface area contributed by atoms with Crippen molar-refractivity contribution in [3.8, 4) is 0 Å². The third kappa shape index (κ3) is 4.13. The van der Waals surface area contributed by atoms with E-state index in [1.807, 2.05) is 53.6 Å². The molecule has 7 heteroatoms. The van der Waals surface area contributed by atoms with Gasteiger partial charge < -0.3 is 9.30 Å². The van der Waals surface area contributed by atoms with Crippen LogP contribution >= 0.6 is 23.2 Å². The van der Waals surface area contributed by atoms with Crippen LogP contribution in [0.15, 0.2) is 48.8 Å². The number of piperazine rings is 1. The molecule has 3 heterocycles. The molecule has 0 spiro atoms. The number of rotatable bonds is 4. The normalized spacial score (nSPS) is 15.8.